The number of carboxylic acids is 1. The molecule has 4 aromatic heterocycles. The minimum atomic E-state index is -0.996. The monoisotopic (exact) mass is 952 g/mol. The van der Waals surface area contributed by atoms with Gasteiger partial charge < -0.3 is 46.4 Å². The SMILES string of the molecule is C=CC1=C(C)c2cc3[n-]c(cc4nc(cc5[n-]c(cc1n2)c(C)c5C=C)C(C)=C4CCC(=O)O)c(CCC(=O)N[C@H](CC(C)C)C(=O)N[C@H](Cc1cnc[nH]1)C(=O)OC)c3C.Cl.O.O.[Fe+2]. The summed E-state index contributed by atoms with van der Waals surface area (Å²) in [7, 11) is 1.25. The zero-order chi connectivity index (χ0) is 44.1. The van der Waals surface area contributed by atoms with Crippen molar-refractivity contribution in [3.05, 3.63) is 107 Å². The van der Waals surface area contributed by atoms with Crippen molar-refractivity contribution >= 4 is 86.6 Å². The molecule has 0 saturated heterocycles. The molecule has 8 N–H and O–H groups in total. The zero-order valence-corrected chi connectivity index (χ0v) is 39.4. The number of rotatable bonds is 16. The van der Waals surface area contributed by atoms with Gasteiger partial charge in [-0.1, -0.05) is 80.1 Å². The Balaban J connectivity index is 0.00000363. The van der Waals surface area contributed by atoms with E-state index in [1.165, 1.54) is 13.4 Å². The Morgan fingerprint density at radius 2 is 1.43 bits per heavy atom. The third-order valence-corrected chi connectivity index (χ3v) is 11.2. The van der Waals surface area contributed by atoms with Crippen molar-refractivity contribution < 1.29 is 57.0 Å². The molecule has 2 amide bonds. The number of aromatic amines is 1. The number of allylic oxidation sites excluding steroid dienone is 5. The van der Waals surface area contributed by atoms with E-state index in [9.17, 15) is 24.3 Å². The van der Waals surface area contributed by atoms with Gasteiger partial charge in [0, 0.05) is 36.7 Å². The molecular weight excluding hydrogens is 896 g/mol. The van der Waals surface area contributed by atoms with E-state index in [1.807, 2.05) is 65.8 Å². The van der Waals surface area contributed by atoms with Gasteiger partial charge in [-0.3, -0.25) is 14.4 Å². The Morgan fingerprint density at radius 1 is 0.815 bits per heavy atom. The number of amides is 2. The summed E-state index contributed by atoms with van der Waals surface area (Å²) in [6, 6.07) is 5.70. The third kappa shape index (κ3) is 12.4. The number of aromatic nitrogens is 6. The molecular formula is C47H57ClFeN8O8. The Kier molecular flexibility index (Phi) is 20.1. The number of carboxylic acid groups (broad SMARTS) is 1. The van der Waals surface area contributed by atoms with Crippen LogP contribution in [0.5, 0.6) is 0 Å². The number of imidazole rings is 1. The Bertz CT molecular complexity index is 2660. The maximum Gasteiger partial charge on any atom is 2.00 e. The maximum atomic E-state index is 13.8. The van der Waals surface area contributed by atoms with Crippen molar-refractivity contribution in [1.82, 2.24) is 40.5 Å². The second kappa shape index (κ2) is 23.7. The van der Waals surface area contributed by atoms with Crippen LogP contribution in [0.25, 0.3) is 50.4 Å². The first-order valence-corrected chi connectivity index (χ1v) is 20.3. The number of carbonyl (C=O) groups excluding carboxylic acids is 3. The van der Waals surface area contributed by atoms with Crippen molar-refractivity contribution in [2.75, 3.05) is 7.11 Å². The molecule has 0 aliphatic carbocycles. The van der Waals surface area contributed by atoms with E-state index in [-0.39, 0.29) is 84.4 Å². The second-order valence-corrected chi connectivity index (χ2v) is 15.8. The van der Waals surface area contributed by atoms with Crippen LogP contribution in [-0.4, -0.2) is 78.9 Å². The number of nitrogens with one attached hydrogen (secondary N) is 3. The minimum absolute atomic E-state index is 0. The Hall–Kier alpha value is -6.10. The summed E-state index contributed by atoms with van der Waals surface area (Å²) in [5.41, 5.74) is 12.7. The van der Waals surface area contributed by atoms with E-state index in [1.54, 1.807) is 18.3 Å². The summed E-state index contributed by atoms with van der Waals surface area (Å²) in [4.78, 5) is 79.0. The number of methoxy groups -OCH3 is 1. The molecule has 2 aliphatic heterocycles. The first-order valence-electron chi connectivity index (χ1n) is 20.3. The molecule has 6 heterocycles. The molecule has 2 atom stereocenters. The van der Waals surface area contributed by atoms with Gasteiger partial charge in [0.25, 0.3) is 0 Å². The minimum Gasteiger partial charge on any atom is -0.657 e. The first-order chi connectivity index (χ1) is 29.1. The number of aryl methyl sites for hydroxylation is 3. The van der Waals surface area contributed by atoms with Gasteiger partial charge in [0.05, 0.1) is 36.2 Å². The smallest absolute Gasteiger partial charge is 0.657 e. The topological polar surface area (TPSA) is 267 Å². The molecule has 2 aliphatic rings. The quantitative estimate of drug-likeness (QED) is 0.0793. The molecule has 18 heteroatoms. The number of ether oxygens (including phenoxy) is 1. The van der Waals surface area contributed by atoms with Gasteiger partial charge in [0.15, 0.2) is 0 Å². The summed E-state index contributed by atoms with van der Waals surface area (Å²) in [5, 5.41) is 15.4. The number of halogens is 1. The van der Waals surface area contributed by atoms with Gasteiger partial charge in [-0.2, -0.15) is 0 Å². The van der Waals surface area contributed by atoms with Crippen LogP contribution in [-0.2, 0) is 53.8 Å². The standard InChI is InChI=1S/C47H54N8O6.ClH.Fe.2H2O/c1-10-30-25(5)34-18-35-27(7)32(12-14-44(56)54-42(16-24(3)4)46(59)55-43(47(60)61-9)17-29-22-48-23-49-29)40(52-35)21-41-33(13-15-45(57)58)28(8)37(53-41)20-39-31(11-2)26(6)36(51-39)19-38(30)50-34;;;;/h10-11,18-24,42-43H,1-2,12-17H2,3-9H3,(H6,48,49,50,51,52,53,54,55,56,57,58,59);1H;;2*1H2/q;;+2;;/p-2/t42-,43-;;;;/m1..../s1. The summed E-state index contributed by atoms with van der Waals surface area (Å²) in [6.45, 7) is 19.9. The number of carbonyl (C=O) groups is 4. The number of H-pyrrole nitrogens is 1. The number of aliphatic carboxylic acids is 1. The van der Waals surface area contributed by atoms with E-state index < -0.39 is 29.9 Å². The average molecular weight is 953 g/mol. The number of esters is 1. The van der Waals surface area contributed by atoms with Crippen LogP contribution in [0.3, 0.4) is 0 Å². The summed E-state index contributed by atoms with van der Waals surface area (Å²) < 4.78 is 4.96. The fraction of sp³-hybridized carbons (Fsp3) is 0.340. The molecule has 0 spiro atoms. The molecule has 0 aromatic carbocycles. The third-order valence-electron chi connectivity index (χ3n) is 11.2. The van der Waals surface area contributed by atoms with Crippen LogP contribution in [0.1, 0.15) is 104 Å². The number of hydrogen-bond donors (Lipinski definition) is 4. The summed E-state index contributed by atoms with van der Waals surface area (Å²) in [6.07, 6.45) is 7.49. The predicted molar refractivity (Wildman–Crippen MR) is 251 cm³/mol. The largest absolute Gasteiger partial charge is 2.00 e. The van der Waals surface area contributed by atoms with E-state index in [4.69, 9.17) is 24.7 Å². The molecule has 0 saturated carbocycles. The van der Waals surface area contributed by atoms with Crippen LogP contribution in [0.4, 0.5) is 0 Å². The van der Waals surface area contributed by atoms with Crippen molar-refractivity contribution in [2.45, 2.75) is 92.2 Å². The molecule has 16 nitrogen and oxygen atoms in total. The molecule has 4 aromatic rings. The van der Waals surface area contributed by atoms with Gasteiger partial charge in [0.2, 0.25) is 11.8 Å². The summed E-state index contributed by atoms with van der Waals surface area (Å²) in [5.74, 6) is -2.38. The van der Waals surface area contributed by atoms with Crippen molar-refractivity contribution in [3.8, 4) is 0 Å². The van der Waals surface area contributed by atoms with Gasteiger partial charge in [-0.15, -0.1) is 34.5 Å². The van der Waals surface area contributed by atoms with E-state index in [0.29, 0.717) is 51.4 Å². The molecule has 0 fully saturated rings. The molecule has 8 bridgehead atoms. The van der Waals surface area contributed by atoms with Gasteiger partial charge >= 0.3 is 29.0 Å². The van der Waals surface area contributed by atoms with Crippen molar-refractivity contribution in [1.29, 1.82) is 0 Å². The molecule has 0 unspecified atom stereocenters. The van der Waals surface area contributed by atoms with Crippen LogP contribution >= 0.6 is 12.4 Å². The van der Waals surface area contributed by atoms with Gasteiger partial charge in [-0.25, -0.2) is 19.7 Å². The molecule has 0 radical (unpaired) electrons. The molecule has 348 valence electrons. The predicted octanol–water partition coefficient (Wildman–Crippen LogP) is 5.60. The Labute approximate surface area is 394 Å². The van der Waals surface area contributed by atoms with Crippen molar-refractivity contribution in [2.24, 2.45) is 5.92 Å². The molecule has 6 rings (SSSR count). The summed E-state index contributed by atoms with van der Waals surface area (Å²) >= 11 is 0. The zero-order valence-electron chi connectivity index (χ0n) is 37.5. The molecule has 65 heavy (non-hydrogen) atoms. The van der Waals surface area contributed by atoms with Crippen LogP contribution < -0.4 is 20.6 Å². The van der Waals surface area contributed by atoms with Crippen LogP contribution in [0, 0.1) is 19.8 Å². The van der Waals surface area contributed by atoms with Gasteiger partial charge in [0.1, 0.15) is 12.1 Å². The van der Waals surface area contributed by atoms with E-state index in [2.05, 4.69) is 33.8 Å². The van der Waals surface area contributed by atoms with E-state index in [0.717, 1.165) is 50.1 Å². The van der Waals surface area contributed by atoms with Crippen LogP contribution in [0.2, 0.25) is 0 Å². The fourth-order valence-electron chi connectivity index (χ4n) is 7.81. The first kappa shape index (κ1) is 55.0. The van der Waals surface area contributed by atoms with Crippen molar-refractivity contribution in [3.63, 3.8) is 0 Å². The van der Waals surface area contributed by atoms with Crippen LogP contribution in [0.15, 0.2) is 56.0 Å². The maximum absolute atomic E-state index is 13.8. The average Bonchev–Trinajstić information content (AvgIpc) is 4.02. The van der Waals surface area contributed by atoms with Gasteiger partial charge in [-0.05, 0) is 75.2 Å². The number of fused-ring (bicyclic) bond motifs is 8. The fourth-order valence-corrected chi connectivity index (χ4v) is 7.81. The normalized spacial score (nSPS) is 12.7. The second-order valence-electron chi connectivity index (χ2n) is 15.8. The Morgan fingerprint density at radius 3 is 2.05 bits per heavy atom. The van der Waals surface area contributed by atoms with E-state index >= 15 is 0 Å². The number of hydrogen-bond acceptors (Lipinski definition) is 8. The number of nitrogens with zero attached hydrogens (tertiary/aromatic N) is 5.